The van der Waals surface area contributed by atoms with Crippen LogP contribution in [0, 0.1) is 5.92 Å². The van der Waals surface area contributed by atoms with Gasteiger partial charge in [0.2, 0.25) is 0 Å². The number of hydrogen-bond acceptors (Lipinski definition) is 5. The van der Waals surface area contributed by atoms with Crippen molar-refractivity contribution in [2.24, 2.45) is 5.92 Å². The van der Waals surface area contributed by atoms with E-state index in [9.17, 15) is 4.79 Å². The third-order valence-electron chi connectivity index (χ3n) is 3.90. The number of esters is 1. The Hall–Kier alpha value is -1.62. The Kier molecular flexibility index (Phi) is 5.99. The van der Waals surface area contributed by atoms with E-state index in [4.69, 9.17) is 4.74 Å². The molecule has 1 N–H and O–H groups in total. The highest BCUT2D eigenvalue weighted by Crippen LogP contribution is 2.18. The molecule has 21 heavy (non-hydrogen) atoms. The summed E-state index contributed by atoms with van der Waals surface area (Å²) in [7, 11) is 0. The van der Waals surface area contributed by atoms with Crippen molar-refractivity contribution in [1.82, 2.24) is 10.3 Å². The van der Waals surface area contributed by atoms with Gasteiger partial charge in [0.1, 0.15) is 5.82 Å². The zero-order valence-corrected chi connectivity index (χ0v) is 13.0. The summed E-state index contributed by atoms with van der Waals surface area (Å²) in [5.74, 6) is 1.35. The molecule has 2 heterocycles. The van der Waals surface area contributed by atoms with Crippen LogP contribution in [0.5, 0.6) is 0 Å². The average Bonchev–Trinajstić information content (AvgIpc) is 2.54. The van der Waals surface area contributed by atoms with Crippen molar-refractivity contribution in [2.75, 3.05) is 37.7 Å². The van der Waals surface area contributed by atoms with Gasteiger partial charge in [-0.3, -0.25) is 0 Å². The van der Waals surface area contributed by atoms with Gasteiger partial charge in [-0.15, -0.1) is 0 Å². The third-order valence-corrected chi connectivity index (χ3v) is 3.90. The Morgan fingerprint density at radius 2 is 2.14 bits per heavy atom. The minimum Gasteiger partial charge on any atom is -0.462 e. The Balaban J connectivity index is 1.99. The van der Waals surface area contributed by atoms with Crippen molar-refractivity contribution in [1.29, 1.82) is 0 Å². The predicted octanol–water partition coefficient (Wildman–Crippen LogP) is 2.08. The Morgan fingerprint density at radius 3 is 2.71 bits per heavy atom. The van der Waals surface area contributed by atoms with Crippen molar-refractivity contribution in [2.45, 2.75) is 26.7 Å². The zero-order chi connectivity index (χ0) is 15.1. The molecule has 1 aliphatic heterocycles. The van der Waals surface area contributed by atoms with Crippen LogP contribution in [-0.2, 0) is 4.74 Å². The largest absolute Gasteiger partial charge is 0.462 e. The second-order valence-corrected chi connectivity index (χ2v) is 5.36. The number of nitrogens with zero attached hydrogens (tertiary/aromatic N) is 2. The lowest BCUT2D eigenvalue weighted by atomic mass is 9.97. The Labute approximate surface area is 126 Å². The second kappa shape index (κ2) is 7.98. The lowest BCUT2D eigenvalue weighted by Gasteiger charge is -2.30. The van der Waals surface area contributed by atoms with E-state index >= 15 is 0 Å². The van der Waals surface area contributed by atoms with Crippen molar-refractivity contribution in [3.05, 3.63) is 23.9 Å². The highest BCUT2D eigenvalue weighted by molar-refractivity contribution is 5.89. The first-order valence-corrected chi connectivity index (χ1v) is 7.83. The summed E-state index contributed by atoms with van der Waals surface area (Å²) >= 11 is 0. The van der Waals surface area contributed by atoms with E-state index in [2.05, 4.69) is 22.1 Å². The summed E-state index contributed by atoms with van der Waals surface area (Å²) in [5.41, 5.74) is 0.513. The quantitative estimate of drug-likeness (QED) is 0.813. The maximum atomic E-state index is 11.6. The van der Waals surface area contributed by atoms with Crippen molar-refractivity contribution < 1.29 is 9.53 Å². The molecule has 0 bridgehead atoms. The number of anilines is 1. The minimum atomic E-state index is -0.307. The molecule has 2 rings (SSSR count). The van der Waals surface area contributed by atoms with E-state index in [0.717, 1.165) is 37.9 Å². The number of nitrogens with one attached hydrogen (secondary N) is 1. The summed E-state index contributed by atoms with van der Waals surface area (Å²) in [6.45, 7) is 8.51. The summed E-state index contributed by atoms with van der Waals surface area (Å²) in [6, 6.07) is 3.71. The Bertz CT molecular complexity index is 441. The molecular weight excluding hydrogens is 266 g/mol. The van der Waals surface area contributed by atoms with Crippen LogP contribution in [0.2, 0.25) is 0 Å². The standard InChI is InChI=1S/C16H25N3O2/c1-3-19(12-13-7-9-17-10-8-13)15-6-5-14(11-18-15)16(20)21-4-2/h5-6,11,13,17H,3-4,7-10,12H2,1-2H3. The second-order valence-electron chi connectivity index (χ2n) is 5.36. The van der Waals surface area contributed by atoms with Crippen LogP contribution in [0.1, 0.15) is 37.0 Å². The lowest BCUT2D eigenvalue weighted by molar-refractivity contribution is 0.0526. The van der Waals surface area contributed by atoms with Gasteiger partial charge in [-0.1, -0.05) is 0 Å². The molecule has 0 unspecified atom stereocenters. The van der Waals surface area contributed by atoms with Gasteiger partial charge >= 0.3 is 5.97 Å². The monoisotopic (exact) mass is 291 g/mol. The number of rotatable bonds is 6. The predicted molar refractivity (Wildman–Crippen MR) is 83.7 cm³/mol. The van der Waals surface area contributed by atoms with Crippen LogP contribution >= 0.6 is 0 Å². The van der Waals surface area contributed by atoms with Crippen molar-refractivity contribution in [3.63, 3.8) is 0 Å². The molecule has 0 atom stereocenters. The van der Waals surface area contributed by atoms with Gasteiger partial charge < -0.3 is 15.0 Å². The van der Waals surface area contributed by atoms with Crippen LogP contribution in [-0.4, -0.2) is 43.7 Å². The number of ether oxygens (including phenoxy) is 1. The van der Waals surface area contributed by atoms with Gasteiger partial charge in [0.15, 0.2) is 0 Å². The lowest BCUT2D eigenvalue weighted by Crippen LogP contribution is -2.36. The molecule has 1 aliphatic rings. The van der Waals surface area contributed by atoms with Gasteiger partial charge in [-0.25, -0.2) is 9.78 Å². The molecule has 5 nitrogen and oxygen atoms in total. The molecule has 0 radical (unpaired) electrons. The fraction of sp³-hybridized carbons (Fsp3) is 0.625. The number of pyridine rings is 1. The molecule has 0 amide bonds. The van der Waals surface area contributed by atoms with Crippen LogP contribution in [0.3, 0.4) is 0 Å². The van der Waals surface area contributed by atoms with Gasteiger partial charge in [0.25, 0.3) is 0 Å². The number of aromatic nitrogens is 1. The highest BCUT2D eigenvalue weighted by Gasteiger charge is 2.17. The SMILES string of the molecule is CCOC(=O)c1ccc(N(CC)CC2CCNCC2)nc1. The fourth-order valence-electron chi connectivity index (χ4n) is 2.67. The topological polar surface area (TPSA) is 54.5 Å². The molecule has 116 valence electrons. The molecule has 1 saturated heterocycles. The molecule has 5 heteroatoms. The Morgan fingerprint density at radius 1 is 1.38 bits per heavy atom. The van der Waals surface area contributed by atoms with Crippen molar-refractivity contribution >= 4 is 11.8 Å². The van der Waals surface area contributed by atoms with E-state index in [0.29, 0.717) is 12.2 Å². The van der Waals surface area contributed by atoms with Crippen LogP contribution < -0.4 is 10.2 Å². The van der Waals surface area contributed by atoms with E-state index in [1.807, 2.05) is 6.07 Å². The van der Waals surface area contributed by atoms with Gasteiger partial charge in [-0.2, -0.15) is 0 Å². The van der Waals surface area contributed by atoms with Crippen LogP contribution in [0.15, 0.2) is 18.3 Å². The first-order chi connectivity index (χ1) is 10.2. The summed E-state index contributed by atoms with van der Waals surface area (Å²) in [4.78, 5) is 18.3. The summed E-state index contributed by atoms with van der Waals surface area (Å²) in [6.07, 6.45) is 4.05. The number of carbonyl (C=O) groups excluding carboxylic acids is 1. The fourth-order valence-corrected chi connectivity index (χ4v) is 2.67. The van der Waals surface area contributed by atoms with E-state index in [-0.39, 0.29) is 5.97 Å². The highest BCUT2D eigenvalue weighted by atomic mass is 16.5. The van der Waals surface area contributed by atoms with Crippen molar-refractivity contribution in [3.8, 4) is 0 Å². The molecule has 1 fully saturated rings. The molecule has 1 aromatic heterocycles. The molecule has 0 aliphatic carbocycles. The summed E-state index contributed by atoms with van der Waals surface area (Å²) < 4.78 is 4.98. The van der Waals surface area contributed by atoms with E-state index < -0.39 is 0 Å². The van der Waals surface area contributed by atoms with E-state index in [1.54, 1.807) is 19.2 Å². The number of piperidine rings is 1. The van der Waals surface area contributed by atoms with Gasteiger partial charge in [0, 0.05) is 19.3 Å². The summed E-state index contributed by atoms with van der Waals surface area (Å²) in [5, 5.41) is 3.39. The van der Waals surface area contributed by atoms with E-state index in [1.165, 1.54) is 12.8 Å². The first kappa shape index (κ1) is 15.8. The van der Waals surface area contributed by atoms with Crippen LogP contribution in [0.25, 0.3) is 0 Å². The average molecular weight is 291 g/mol. The van der Waals surface area contributed by atoms with Crippen LogP contribution in [0.4, 0.5) is 5.82 Å². The maximum absolute atomic E-state index is 11.6. The number of hydrogen-bond donors (Lipinski definition) is 1. The third kappa shape index (κ3) is 4.43. The maximum Gasteiger partial charge on any atom is 0.339 e. The molecular formula is C16H25N3O2. The van der Waals surface area contributed by atoms with Gasteiger partial charge in [0.05, 0.1) is 12.2 Å². The molecule has 0 aromatic carbocycles. The molecule has 1 aromatic rings. The molecule has 0 spiro atoms. The first-order valence-electron chi connectivity index (χ1n) is 7.83. The zero-order valence-electron chi connectivity index (χ0n) is 13.0. The van der Waals surface area contributed by atoms with Gasteiger partial charge in [-0.05, 0) is 57.8 Å². The number of carbonyl (C=O) groups is 1. The minimum absolute atomic E-state index is 0.307. The molecule has 0 saturated carbocycles. The smallest absolute Gasteiger partial charge is 0.339 e. The normalized spacial score (nSPS) is 15.7.